The van der Waals surface area contributed by atoms with E-state index in [0.29, 0.717) is 26.2 Å². The van der Waals surface area contributed by atoms with Crippen molar-refractivity contribution in [1.29, 1.82) is 0 Å². The van der Waals surface area contributed by atoms with Crippen LogP contribution in [-0.4, -0.2) is 87.1 Å². The van der Waals surface area contributed by atoms with Crippen LogP contribution in [0.3, 0.4) is 0 Å². The first-order chi connectivity index (χ1) is 23.5. The van der Waals surface area contributed by atoms with Gasteiger partial charge >= 0.3 is 6.09 Å². The van der Waals surface area contributed by atoms with Crippen LogP contribution in [0.5, 0.6) is 0 Å². The number of carbonyl (C=O) groups excluding carboxylic acids is 4. The molecule has 0 spiro atoms. The van der Waals surface area contributed by atoms with Crippen LogP contribution in [0.1, 0.15) is 58.9 Å². The molecular weight excluding hydrogens is 628 g/mol. The molecule has 0 aliphatic rings. The fraction of sp³-hybridized carbons (Fsp3) is 0.568. The van der Waals surface area contributed by atoms with E-state index in [2.05, 4.69) is 27.9 Å². The van der Waals surface area contributed by atoms with E-state index in [1.165, 1.54) is 0 Å². The summed E-state index contributed by atoms with van der Waals surface area (Å²) in [5, 5.41) is 21.2. The van der Waals surface area contributed by atoms with Gasteiger partial charge in [-0.25, -0.2) is 4.79 Å². The molecule has 12 heteroatoms. The Morgan fingerprint density at radius 2 is 1.67 bits per heavy atom. The van der Waals surface area contributed by atoms with Crippen LogP contribution < -0.4 is 21.7 Å². The van der Waals surface area contributed by atoms with E-state index in [1.807, 2.05) is 70.2 Å². The molecule has 12 nitrogen and oxygen atoms in total. The van der Waals surface area contributed by atoms with Gasteiger partial charge < -0.3 is 41.0 Å². The number of rotatable bonds is 22. The molecule has 49 heavy (non-hydrogen) atoms. The van der Waals surface area contributed by atoms with Crippen LogP contribution in [-0.2, 0) is 35.0 Å². The van der Waals surface area contributed by atoms with Crippen molar-refractivity contribution in [2.75, 3.05) is 40.1 Å². The summed E-state index contributed by atoms with van der Waals surface area (Å²) in [7, 11) is 1.55. The van der Waals surface area contributed by atoms with E-state index in [4.69, 9.17) is 19.9 Å². The minimum Gasteiger partial charge on any atom is -0.447 e. The molecule has 0 heterocycles. The van der Waals surface area contributed by atoms with Crippen molar-refractivity contribution in [3.8, 4) is 12.0 Å². The third kappa shape index (κ3) is 14.9. The number of carbonyl (C=O) groups is 4. The smallest absolute Gasteiger partial charge is 0.407 e. The van der Waals surface area contributed by atoms with Crippen LogP contribution in [0.2, 0.25) is 0 Å². The van der Waals surface area contributed by atoms with Gasteiger partial charge in [0.15, 0.2) is 5.78 Å². The zero-order valence-electron chi connectivity index (χ0n) is 29.5. The summed E-state index contributed by atoms with van der Waals surface area (Å²) >= 11 is 0. The van der Waals surface area contributed by atoms with Crippen LogP contribution in [0.25, 0.3) is 10.8 Å². The summed E-state index contributed by atoms with van der Waals surface area (Å²) in [6.45, 7) is 9.16. The van der Waals surface area contributed by atoms with Crippen LogP contribution in [0.4, 0.5) is 4.79 Å². The highest BCUT2D eigenvalue weighted by atomic mass is 16.6. The fourth-order valence-corrected chi connectivity index (χ4v) is 5.20. The number of methoxy groups -OCH3 is 1. The van der Waals surface area contributed by atoms with Gasteiger partial charge in [-0.15, -0.1) is 0 Å². The number of hydrogen-bond donors (Lipinski definition) is 5. The van der Waals surface area contributed by atoms with E-state index < -0.39 is 41.9 Å². The Morgan fingerprint density at radius 3 is 2.37 bits per heavy atom. The largest absolute Gasteiger partial charge is 0.447 e. The number of nitrogens with one attached hydrogen (secondary N) is 3. The lowest BCUT2D eigenvalue weighted by molar-refractivity contribution is -0.136. The molecule has 0 fully saturated rings. The number of benzene rings is 2. The van der Waals surface area contributed by atoms with Gasteiger partial charge in [0.05, 0.1) is 44.4 Å². The molecule has 0 bridgehead atoms. The average molecular weight is 683 g/mol. The first kappa shape index (κ1) is 41.0. The molecule has 1 unspecified atom stereocenters. The van der Waals surface area contributed by atoms with E-state index in [9.17, 15) is 24.3 Å². The Labute approximate surface area is 290 Å². The number of aliphatic hydroxyl groups is 1. The molecule has 0 radical (unpaired) electrons. The Morgan fingerprint density at radius 1 is 0.959 bits per heavy atom. The van der Waals surface area contributed by atoms with Crippen molar-refractivity contribution in [3.63, 3.8) is 0 Å². The van der Waals surface area contributed by atoms with Gasteiger partial charge in [-0.2, -0.15) is 0 Å². The average Bonchev–Trinajstić information content (AvgIpc) is 3.08. The number of hydrogen-bond acceptors (Lipinski definition) is 9. The number of ether oxygens (including phenoxy) is 3. The van der Waals surface area contributed by atoms with Gasteiger partial charge in [0.1, 0.15) is 12.5 Å². The fourth-order valence-electron chi connectivity index (χ4n) is 5.20. The third-order valence-electron chi connectivity index (χ3n) is 8.16. The molecule has 0 aliphatic carbocycles. The van der Waals surface area contributed by atoms with Gasteiger partial charge in [0, 0.05) is 32.5 Å². The predicted molar refractivity (Wildman–Crippen MR) is 188 cm³/mol. The quantitative estimate of drug-likeness (QED) is 0.0540. The van der Waals surface area contributed by atoms with Crippen molar-refractivity contribution in [2.24, 2.45) is 23.5 Å². The molecule has 270 valence electrons. The summed E-state index contributed by atoms with van der Waals surface area (Å²) in [5.74, 6) is -0.0238. The number of fused-ring (bicyclic) bond motifs is 1. The van der Waals surface area contributed by atoms with Crippen molar-refractivity contribution in [2.45, 2.75) is 78.0 Å². The lowest BCUT2D eigenvalue weighted by Crippen LogP contribution is -2.52. The van der Waals surface area contributed by atoms with Crippen LogP contribution in [0.15, 0.2) is 42.5 Å². The Balaban J connectivity index is 2.32. The van der Waals surface area contributed by atoms with Crippen molar-refractivity contribution < 1.29 is 38.5 Å². The molecule has 2 aromatic rings. The second-order valence-electron chi connectivity index (χ2n) is 12.6. The summed E-state index contributed by atoms with van der Waals surface area (Å²) in [6.07, 6.45) is -1.19. The molecule has 2 rings (SSSR count). The van der Waals surface area contributed by atoms with Gasteiger partial charge in [0.25, 0.3) is 0 Å². The number of amides is 3. The van der Waals surface area contributed by atoms with Crippen LogP contribution in [0, 0.1) is 29.7 Å². The van der Waals surface area contributed by atoms with Crippen molar-refractivity contribution in [1.82, 2.24) is 16.0 Å². The number of aliphatic hydroxyl groups excluding tert-OH is 1. The normalized spacial score (nSPS) is 14.1. The summed E-state index contributed by atoms with van der Waals surface area (Å²) in [5.41, 5.74) is 6.23. The molecule has 3 amide bonds. The lowest BCUT2D eigenvalue weighted by atomic mass is 9.88. The third-order valence-corrected chi connectivity index (χ3v) is 8.16. The zero-order valence-corrected chi connectivity index (χ0v) is 29.5. The molecular formula is C37H54N4O8. The minimum absolute atomic E-state index is 0.0511. The molecule has 5 atom stereocenters. The number of alkyl carbamates (subject to hydrolysis) is 1. The molecule has 2 aromatic carbocycles. The van der Waals surface area contributed by atoms with Gasteiger partial charge in [0.2, 0.25) is 11.8 Å². The first-order valence-corrected chi connectivity index (χ1v) is 16.9. The first-order valence-electron chi connectivity index (χ1n) is 16.9. The Bertz CT molecular complexity index is 1400. The summed E-state index contributed by atoms with van der Waals surface area (Å²) < 4.78 is 15.6. The van der Waals surface area contributed by atoms with Crippen molar-refractivity contribution in [3.05, 3.63) is 48.0 Å². The molecule has 6 N–H and O–H groups in total. The van der Waals surface area contributed by atoms with Gasteiger partial charge in [-0.1, -0.05) is 82.5 Å². The highest BCUT2D eigenvalue weighted by Crippen LogP contribution is 2.22. The second-order valence-corrected chi connectivity index (χ2v) is 12.6. The van der Waals surface area contributed by atoms with E-state index in [-0.39, 0.29) is 50.2 Å². The maximum absolute atomic E-state index is 14.2. The topological polar surface area (TPSA) is 178 Å². The summed E-state index contributed by atoms with van der Waals surface area (Å²) in [6, 6.07) is 13.6. The lowest BCUT2D eigenvalue weighted by Gasteiger charge is -2.28. The van der Waals surface area contributed by atoms with Crippen LogP contribution >= 0.6 is 0 Å². The Hall–Kier alpha value is -4.18. The highest BCUT2D eigenvalue weighted by Gasteiger charge is 2.36. The van der Waals surface area contributed by atoms with Crippen molar-refractivity contribution >= 4 is 34.5 Å². The van der Waals surface area contributed by atoms with E-state index in [1.54, 1.807) is 7.11 Å². The molecule has 0 saturated heterocycles. The van der Waals surface area contributed by atoms with E-state index >= 15 is 0 Å². The molecule has 0 aliphatic heterocycles. The maximum atomic E-state index is 14.2. The monoisotopic (exact) mass is 682 g/mol. The second kappa shape index (κ2) is 22.5. The number of ketones is 1. The molecule has 0 aromatic heterocycles. The Kier molecular flexibility index (Phi) is 18.8. The minimum atomic E-state index is -1.35. The SMILES string of the molecule is CCC(C)CNC(=O)C[C@H](O)[C@H](CC(C)C)NC(=O)[C@@H](CC#CN)C(=O)[C@H](Cc1cccc2ccccc12)NC(=O)OCCOCCOC. The standard InChI is InChI=1S/C37H54N4O8/c1-6-26(4)24-39-34(43)23-33(42)31(21-25(2)3)40-36(45)30(15-10-16-38)35(44)32(41-37(46)49-20-19-48-18-17-47-5)22-28-13-9-12-27-11-7-8-14-29(27)28/h7-9,11-14,25-26,30-33,42H,6,15,17-24,38H2,1-5H3,(H,39,43)(H,40,45)(H,41,46)/t26?,30-,31-,32-,33-/m0/s1. The van der Waals surface area contributed by atoms with Gasteiger partial charge in [-0.3, -0.25) is 14.4 Å². The predicted octanol–water partition coefficient (Wildman–Crippen LogP) is 3.08. The molecule has 0 saturated carbocycles. The summed E-state index contributed by atoms with van der Waals surface area (Å²) in [4.78, 5) is 53.6. The number of Topliss-reactive ketones (excluding diaryl/α,β-unsaturated/α-hetero) is 1. The van der Waals surface area contributed by atoms with E-state index in [0.717, 1.165) is 22.8 Å². The van der Waals surface area contributed by atoms with Gasteiger partial charge in [-0.05, 0) is 34.6 Å². The maximum Gasteiger partial charge on any atom is 0.407 e. The zero-order chi connectivity index (χ0) is 36.2. The highest BCUT2D eigenvalue weighted by molar-refractivity contribution is 6.05. The number of nitrogens with two attached hydrogens (primary N) is 1.